The van der Waals surface area contributed by atoms with E-state index in [-0.39, 0.29) is 0 Å². The molecule has 0 fully saturated rings. The summed E-state index contributed by atoms with van der Waals surface area (Å²) in [4.78, 5) is 22.0. The van der Waals surface area contributed by atoms with Gasteiger partial charge in [-0.15, -0.1) is 10.2 Å². The van der Waals surface area contributed by atoms with Crippen LogP contribution in [0.2, 0.25) is 0 Å². The van der Waals surface area contributed by atoms with Gasteiger partial charge in [0.25, 0.3) is 0 Å². The van der Waals surface area contributed by atoms with E-state index in [9.17, 15) is 23.5 Å². The molecule has 0 aliphatic heterocycles. The molecule has 22 heavy (non-hydrogen) atoms. The van der Waals surface area contributed by atoms with Crippen molar-refractivity contribution in [3.63, 3.8) is 0 Å². The number of carbonyl (C=O) groups is 2. The number of hydrogen-bond donors (Lipinski definition) is 3. The summed E-state index contributed by atoms with van der Waals surface area (Å²) in [5.74, 6) is -6.26. The third-order valence-electron chi connectivity index (χ3n) is 2.72. The van der Waals surface area contributed by atoms with Crippen molar-refractivity contribution >= 4 is 17.6 Å². The van der Waals surface area contributed by atoms with Crippen LogP contribution in [-0.2, 0) is 9.59 Å². The first-order chi connectivity index (χ1) is 10.1. The van der Waals surface area contributed by atoms with Crippen LogP contribution in [0, 0.1) is 17.0 Å². The molecule has 1 aromatic rings. The summed E-state index contributed by atoms with van der Waals surface area (Å²) in [7, 11) is 0. The molecular weight excluding hydrogens is 302 g/mol. The van der Waals surface area contributed by atoms with Crippen molar-refractivity contribution in [3.05, 3.63) is 41.3 Å². The van der Waals surface area contributed by atoms with Gasteiger partial charge in [-0.25, -0.2) is 13.6 Å². The maximum absolute atomic E-state index is 13.4. The zero-order valence-electron chi connectivity index (χ0n) is 11.5. The Labute approximate surface area is 123 Å². The van der Waals surface area contributed by atoms with Crippen LogP contribution in [-0.4, -0.2) is 27.3 Å². The highest BCUT2D eigenvalue weighted by Crippen LogP contribution is 2.29. The molecule has 0 saturated heterocycles. The van der Waals surface area contributed by atoms with Gasteiger partial charge in [0.2, 0.25) is 5.70 Å². The lowest BCUT2D eigenvalue weighted by Gasteiger charge is -2.18. The number of halogens is 2. The second kappa shape index (κ2) is 6.29. The van der Waals surface area contributed by atoms with Gasteiger partial charge in [-0.2, -0.15) is 0 Å². The highest BCUT2D eigenvalue weighted by atomic mass is 19.1. The Morgan fingerprint density at radius 2 is 1.73 bits per heavy atom. The van der Waals surface area contributed by atoms with E-state index in [0.717, 1.165) is 26.0 Å². The molecule has 9 heteroatoms. The number of benzene rings is 1. The number of aliphatic carboxylic acids is 2. The molecule has 0 aromatic heterocycles. The van der Waals surface area contributed by atoms with E-state index < -0.39 is 46.1 Å². The fourth-order valence-corrected chi connectivity index (χ4v) is 1.25. The molecule has 0 bridgehead atoms. The van der Waals surface area contributed by atoms with Crippen LogP contribution < -0.4 is 0 Å². The summed E-state index contributed by atoms with van der Waals surface area (Å²) in [6.07, 6.45) is 0. The largest absolute Gasteiger partial charge is 0.508 e. The van der Waals surface area contributed by atoms with Crippen molar-refractivity contribution in [1.29, 1.82) is 0 Å². The van der Waals surface area contributed by atoms with Crippen LogP contribution in [0.5, 0.6) is 0 Å². The smallest absolute Gasteiger partial charge is 0.360 e. The van der Waals surface area contributed by atoms with Crippen molar-refractivity contribution in [2.24, 2.45) is 15.6 Å². The normalized spacial score (nSPS) is 13.1. The summed E-state index contributed by atoms with van der Waals surface area (Å²) >= 11 is 0. The van der Waals surface area contributed by atoms with Gasteiger partial charge in [-0.1, -0.05) is 0 Å². The molecule has 0 unspecified atom stereocenters. The highest BCUT2D eigenvalue weighted by molar-refractivity contribution is 5.89. The molecule has 0 saturated carbocycles. The molecule has 1 rings (SSSR count). The third-order valence-corrected chi connectivity index (χ3v) is 2.72. The molecule has 3 N–H and O–H groups in total. The molecular formula is C13H12F2N2O5. The van der Waals surface area contributed by atoms with E-state index in [4.69, 9.17) is 10.2 Å². The topological polar surface area (TPSA) is 120 Å². The number of carboxylic acids is 2. The maximum Gasteiger partial charge on any atom is 0.360 e. The zero-order valence-corrected chi connectivity index (χ0v) is 11.5. The number of aliphatic hydroxyl groups is 1. The minimum Gasteiger partial charge on any atom is -0.508 e. The summed E-state index contributed by atoms with van der Waals surface area (Å²) in [5, 5.41) is 34.1. The number of hydrogen-bond acceptors (Lipinski definition) is 5. The minimum atomic E-state index is -1.94. The number of azo groups is 1. The summed E-state index contributed by atoms with van der Waals surface area (Å²) in [6.45, 7) is 2.11. The van der Waals surface area contributed by atoms with E-state index in [2.05, 4.69) is 10.2 Å². The van der Waals surface area contributed by atoms with Crippen molar-refractivity contribution in [3.8, 4) is 0 Å². The van der Waals surface area contributed by atoms with E-state index in [1.165, 1.54) is 0 Å². The van der Waals surface area contributed by atoms with Gasteiger partial charge in [-0.3, -0.25) is 4.79 Å². The standard InChI is InChI=1S/C13H12F2N2O5/c1-13(2,12(21)22)10(18)9(11(19)20)17-16-8-4-3-6(14)5-7(8)15/h3-5,18H,1-2H3,(H,19,20)(H,21,22). The first-order valence-corrected chi connectivity index (χ1v) is 5.84. The van der Waals surface area contributed by atoms with Crippen LogP contribution in [0.3, 0.4) is 0 Å². The van der Waals surface area contributed by atoms with Crippen LogP contribution in [0.25, 0.3) is 0 Å². The van der Waals surface area contributed by atoms with Crippen LogP contribution in [0.15, 0.2) is 39.9 Å². The zero-order chi connectivity index (χ0) is 17.1. The van der Waals surface area contributed by atoms with E-state index >= 15 is 0 Å². The number of carboxylic acid groups (broad SMARTS) is 2. The van der Waals surface area contributed by atoms with Gasteiger partial charge in [0.05, 0.1) is 0 Å². The monoisotopic (exact) mass is 314 g/mol. The molecule has 0 radical (unpaired) electrons. The summed E-state index contributed by atoms with van der Waals surface area (Å²) < 4.78 is 26.1. The molecule has 0 heterocycles. The molecule has 7 nitrogen and oxygen atoms in total. The molecule has 0 spiro atoms. The lowest BCUT2D eigenvalue weighted by atomic mass is 9.90. The average Bonchev–Trinajstić information content (AvgIpc) is 2.40. The highest BCUT2D eigenvalue weighted by Gasteiger charge is 2.36. The molecule has 1 aromatic carbocycles. The number of rotatable bonds is 5. The van der Waals surface area contributed by atoms with Crippen molar-refractivity contribution in [1.82, 2.24) is 0 Å². The first kappa shape index (κ1) is 17.2. The fraction of sp³-hybridized carbons (Fsp3) is 0.231. The molecule has 0 amide bonds. The van der Waals surface area contributed by atoms with Crippen molar-refractivity contribution < 1.29 is 33.7 Å². The van der Waals surface area contributed by atoms with Gasteiger partial charge in [-0.05, 0) is 26.0 Å². The number of aliphatic hydroxyl groups excluding tert-OH is 1. The Hall–Kier alpha value is -2.84. The van der Waals surface area contributed by atoms with Crippen molar-refractivity contribution in [2.45, 2.75) is 13.8 Å². The average molecular weight is 314 g/mol. The second-order valence-corrected chi connectivity index (χ2v) is 4.73. The third kappa shape index (κ3) is 3.62. The van der Waals surface area contributed by atoms with Gasteiger partial charge in [0.1, 0.15) is 22.7 Å². The lowest BCUT2D eigenvalue weighted by Crippen LogP contribution is -2.28. The summed E-state index contributed by atoms with van der Waals surface area (Å²) in [5.41, 5.74) is -3.47. The Morgan fingerprint density at radius 3 is 2.18 bits per heavy atom. The quantitative estimate of drug-likeness (QED) is 0.438. The molecule has 0 aliphatic carbocycles. The van der Waals surface area contributed by atoms with Crippen molar-refractivity contribution in [2.75, 3.05) is 0 Å². The maximum atomic E-state index is 13.4. The van der Waals surface area contributed by atoms with E-state index in [1.54, 1.807) is 0 Å². The molecule has 0 atom stereocenters. The van der Waals surface area contributed by atoms with E-state index in [0.29, 0.717) is 6.07 Å². The lowest BCUT2D eigenvalue weighted by molar-refractivity contribution is -0.146. The van der Waals surface area contributed by atoms with Crippen LogP contribution in [0.1, 0.15) is 13.8 Å². The van der Waals surface area contributed by atoms with Crippen LogP contribution in [0.4, 0.5) is 14.5 Å². The first-order valence-electron chi connectivity index (χ1n) is 5.84. The Balaban J connectivity index is 3.31. The van der Waals surface area contributed by atoms with Crippen LogP contribution >= 0.6 is 0 Å². The predicted molar refractivity (Wildman–Crippen MR) is 69.6 cm³/mol. The number of nitrogens with zero attached hydrogens (tertiary/aromatic N) is 2. The van der Waals surface area contributed by atoms with Gasteiger partial charge >= 0.3 is 11.9 Å². The summed E-state index contributed by atoms with van der Waals surface area (Å²) in [6, 6.07) is 2.30. The van der Waals surface area contributed by atoms with E-state index in [1.807, 2.05) is 0 Å². The molecule has 118 valence electrons. The molecule has 0 aliphatic rings. The Morgan fingerprint density at radius 1 is 1.14 bits per heavy atom. The predicted octanol–water partition coefficient (Wildman–Crippen LogP) is 3.01. The second-order valence-electron chi connectivity index (χ2n) is 4.73. The Bertz CT molecular complexity index is 683. The Kier molecular flexibility index (Phi) is 4.92. The SMILES string of the molecule is CC(C)(C(=O)O)C(O)=C(N=Nc1ccc(F)cc1F)C(=O)O. The minimum absolute atomic E-state index is 0.471. The fourth-order valence-electron chi connectivity index (χ4n) is 1.25. The van der Waals surface area contributed by atoms with Gasteiger partial charge in [0, 0.05) is 6.07 Å². The van der Waals surface area contributed by atoms with Gasteiger partial charge < -0.3 is 15.3 Å². The van der Waals surface area contributed by atoms with Gasteiger partial charge in [0.15, 0.2) is 5.82 Å².